The van der Waals surface area contributed by atoms with Crippen molar-refractivity contribution in [3.8, 4) is 5.75 Å². The predicted octanol–water partition coefficient (Wildman–Crippen LogP) is 3.17. The number of hydrogen-bond acceptors (Lipinski definition) is 3. The first kappa shape index (κ1) is 14.1. The number of halogens is 1. The van der Waals surface area contributed by atoms with Gasteiger partial charge in [0.05, 0.1) is 5.69 Å². The van der Waals surface area contributed by atoms with E-state index in [9.17, 15) is 9.90 Å². The van der Waals surface area contributed by atoms with Gasteiger partial charge < -0.3 is 15.2 Å². The van der Waals surface area contributed by atoms with Crippen LogP contribution in [0.3, 0.4) is 0 Å². The Hall–Kier alpha value is -1.85. The van der Waals surface area contributed by atoms with Gasteiger partial charge in [-0.25, -0.2) is 0 Å². The summed E-state index contributed by atoms with van der Waals surface area (Å²) in [4.78, 5) is 11.4. The summed E-state index contributed by atoms with van der Waals surface area (Å²) in [5.41, 5.74) is 3.14. The van der Waals surface area contributed by atoms with Crippen LogP contribution in [0.15, 0.2) is 40.9 Å². The molecular weight excluding hydrogens is 334 g/mol. The summed E-state index contributed by atoms with van der Waals surface area (Å²) < 4.78 is 6.20. The number of amides is 1. The van der Waals surface area contributed by atoms with Crippen LogP contribution in [-0.2, 0) is 4.79 Å². The van der Waals surface area contributed by atoms with E-state index >= 15 is 0 Å². The standard InChI is InChI=1S/C16H14BrNO3/c1-9-3-2-4-11(15(9)17)16(20)10-5-6-13-12(7-10)18-14(19)8-21-13/h2-7,16,20H,8H2,1H3,(H,18,19). The highest BCUT2D eigenvalue weighted by Crippen LogP contribution is 2.35. The largest absolute Gasteiger partial charge is 0.482 e. The number of aliphatic hydroxyl groups is 1. The Bertz CT molecular complexity index is 715. The molecule has 0 saturated carbocycles. The number of anilines is 1. The van der Waals surface area contributed by atoms with E-state index in [1.807, 2.05) is 25.1 Å². The van der Waals surface area contributed by atoms with E-state index < -0.39 is 6.10 Å². The Morgan fingerprint density at radius 1 is 1.33 bits per heavy atom. The van der Waals surface area contributed by atoms with Crippen LogP contribution in [0.4, 0.5) is 5.69 Å². The number of aryl methyl sites for hydroxylation is 1. The highest BCUT2D eigenvalue weighted by Gasteiger charge is 2.20. The monoisotopic (exact) mass is 347 g/mol. The average Bonchev–Trinajstić information content (AvgIpc) is 2.48. The second-order valence-electron chi connectivity index (χ2n) is 4.97. The third kappa shape index (κ3) is 2.66. The maximum absolute atomic E-state index is 11.4. The fourth-order valence-electron chi connectivity index (χ4n) is 2.33. The van der Waals surface area contributed by atoms with Gasteiger partial charge in [0.2, 0.25) is 0 Å². The van der Waals surface area contributed by atoms with Gasteiger partial charge in [0, 0.05) is 4.47 Å². The molecule has 0 saturated heterocycles. The molecule has 21 heavy (non-hydrogen) atoms. The fraction of sp³-hybridized carbons (Fsp3) is 0.188. The Balaban J connectivity index is 1.98. The molecule has 5 heteroatoms. The summed E-state index contributed by atoms with van der Waals surface area (Å²) in [6.07, 6.45) is -0.775. The van der Waals surface area contributed by atoms with Gasteiger partial charge in [-0.05, 0) is 35.7 Å². The molecule has 0 bridgehead atoms. The van der Waals surface area contributed by atoms with Gasteiger partial charge in [-0.3, -0.25) is 4.79 Å². The number of carbonyl (C=O) groups excluding carboxylic acids is 1. The highest BCUT2D eigenvalue weighted by atomic mass is 79.9. The smallest absolute Gasteiger partial charge is 0.262 e. The summed E-state index contributed by atoms with van der Waals surface area (Å²) in [7, 11) is 0. The van der Waals surface area contributed by atoms with Gasteiger partial charge in [0.25, 0.3) is 5.91 Å². The topological polar surface area (TPSA) is 58.6 Å². The molecule has 0 radical (unpaired) electrons. The summed E-state index contributed by atoms with van der Waals surface area (Å²) in [5, 5.41) is 13.3. The molecule has 0 fully saturated rings. The molecule has 1 amide bonds. The third-order valence-electron chi connectivity index (χ3n) is 3.47. The Morgan fingerprint density at radius 3 is 2.95 bits per heavy atom. The molecule has 2 aromatic rings. The Labute approximate surface area is 130 Å². The number of hydrogen-bond donors (Lipinski definition) is 2. The first-order valence-electron chi connectivity index (χ1n) is 6.56. The summed E-state index contributed by atoms with van der Waals surface area (Å²) in [6, 6.07) is 11.1. The number of carbonyl (C=O) groups is 1. The zero-order valence-electron chi connectivity index (χ0n) is 11.4. The van der Waals surface area contributed by atoms with Crippen molar-refractivity contribution in [3.63, 3.8) is 0 Å². The number of nitrogens with one attached hydrogen (secondary N) is 1. The quantitative estimate of drug-likeness (QED) is 0.877. The minimum Gasteiger partial charge on any atom is -0.482 e. The molecule has 1 aliphatic rings. The number of rotatable bonds is 2. The second-order valence-corrected chi connectivity index (χ2v) is 5.77. The number of fused-ring (bicyclic) bond motifs is 1. The van der Waals surface area contributed by atoms with Gasteiger partial charge in [-0.15, -0.1) is 0 Å². The zero-order chi connectivity index (χ0) is 15.0. The normalized spacial score (nSPS) is 14.9. The van der Waals surface area contributed by atoms with Crippen molar-refractivity contribution in [3.05, 3.63) is 57.6 Å². The third-order valence-corrected chi connectivity index (χ3v) is 4.55. The summed E-state index contributed by atoms with van der Waals surface area (Å²) >= 11 is 3.51. The minimum atomic E-state index is -0.775. The molecule has 2 aromatic carbocycles. The molecule has 0 aliphatic carbocycles. The van der Waals surface area contributed by atoms with E-state index in [0.29, 0.717) is 17.0 Å². The van der Waals surface area contributed by atoms with E-state index in [1.165, 1.54) is 0 Å². The zero-order valence-corrected chi connectivity index (χ0v) is 13.0. The van der Waals surface area contributed by atoms with Crippen LogP contribution in [0, 0.1) is 6.92 Å². The van der Waals surface area contributed by atoms with Crippen LogP contribution < -0.4 is 10.1 Å². The van der Waals surface area contributed by atoms with E-state index in [0.717, 1.165) is 15.6 Å². The van der Waals surface area contributed by atoms with Gasteiger partial charge in [0.1, 0.15) is 11.9 Å². The van der Waals surface area contributed by atoms with Crippen molar-refractivity contribution in [2.24, 2.45) is 0 Å². The molecule has 0 aromatic heterocycles. The molecule has 108 valence electrons. The van der Waals surface area contributed by atoms with Crippen LogP contribution >= 0.6 is 15.9 Å². The van der Waals surface area contributed by atoms with Crippen molar-refractivity contribution >= 4 is 27.5 Å². The first-order valence-corrected chi connectivity index (χ1v) is 7.35. The average molecular weight is 348 g/mol. The van der Waals surface area contributed by atoms with Crippen LogP contribution in [0.2, 0.25) is 0 Å². The second kappa shape index (κ2) is 5.50. The first-order chi connectivity index (χ1) is 10.1. The lowest BCUT2D eigenvalue weighted by Gasteiger charge is -2.20. The van der Waals surface area contributed by atoms with Crippen molar-refractivity contribution < 1.29 is 14.6 Å². The summed E-state index contributed by atoms with van der Waals surface area (Å²) in [5.74, 6) is 0.430. The van der Waals surface area contributed by atoms with Crippen molar-refractivity contribution in [1.82, 2.24) is 0 Å². The molecule has 1 unspecified atom stereocenters. The van der Waals surface area contributed by atoms with Crippen LogP contribution in [0.25, 0.3) is 0 Å². The minimum absolute atomic E-state index is 0.0261. The van der Waals surface area contributed by atoms with Crippen LogP contribution in [0.1, 0.15) is 22.8 Å². The molecule has 1 aliphatic heterocycles. The van der Waals surface area contributed by atoms with E-state index in [2.05, 4.69) is 21.2 Å². The van der Waals surface area contributed by atoms with E-state index in [4.69, 9.17) is 4.74 Å². The lowest BCUT2D eigenvalue weighted by molar-refractivity contribution is -0.118. The van der Waals surface area contributed by atoms with E-state index in [1.54, 1.807) is 18.2 Å². The molecule has 1 heterocycles. The molecule has 1 atom stereocenters. The molecule has 3 rings (SSSR count). The number of aliphatic hydroxyl groups excluding tert-OH is 1. The highest BCUT2D eigenvalue weighted by molar-refractivity contribution is 9.10. The number of ether oxygens (including phenoxy) is 1. The Morgan fingerprint density at radius 2 is 2.14 bits per heavy atom. The lowest BCUT2D eigenvalue weighted by Crippen LogP contribution is -2.25. The molecule has 2 N–H and O–H groups in total. The van der Waals surface area contributed by atoms with Crippen molar-refractivity contribution in [2.45, 2.75) is 13.0 Å². The molecular formula is C16H14BrNO3. The predicted molar refractivity (Wildman–Crippen MR) is 83.5 cm³/mol. The maximum Gasteiger partial charge on any atom is 0.262 e. The van der Waals surface area contributed by atoms with Gasteiger partial charge in [0.15, 0.2) is 6.61 Å². The SMILES string of the molecule is Cc1cccc(C(O)c2ccc3c(c2)NC(=O)CO3)c1Br. The number of benzene rings is 2. The summed E-state index contributed by atoms with van der Waals surface area (Å²) in [6.45, 7) is 2.00. The van der Waals surface area contributed by atoms with Gasteiger partial charge >= 0.3 is 0 Å². The fourth-order valence-corrected chi connectivity index (χ4v) is 2.81. The molecule has 4 nitrogen and oxygen atoms in total. The van der Waals surface area contributed by atoms with Gasteiger partial charge in [-0.1, -0.05) is 40.2 Å². The Kier molecular flexibility index (Phi) is 3.69. The van der Waals surface area contributed by atoms with Crippen LogP contribution in [-0.4, -0.2) is 17.6 Å². The lowest BCUT2D eigenvalue weighted by atomic mass is 9.99. The van der Waals surface area contributed by atoms with Crippen molar-refractivity contribution in [1.29, 1.82) is 0 Å². The van der Waals surface area contributed by atoms with Crippen molar-refractivity contribution in [2.75, 3.05) is 11.9 Å². The molecule has 0 spiro atoms. The van der Waals surface area contributed by atoms with Gasteiger partial charge in [-0.2, -0.15) is 0 Å². The van der Waals surface area contributed by atoms with Crippen LogP contribution in [0.5, 0.6) is 5.75 Å². The van der Waals surface area contributed by atoms with E-state index in [-0.39, 0.29) is 12.5 Å². The maximum atomic E-state index is 11.4.